The fourth-order valence-electron chi connectivity index (χ4n) is 6.06. The highest BCUT2D eigenvalue weighted by atomic mass is 32.2. The van der Waals surface area contributed by atoms with Crippen molar-refractivity contribution in [3.63, 3.8) is 0 Å². The van der Waals surface area contributed by atoms with E-state index in [1.807, 2.05) is 46.2 Å². The molecule has 0 bridgehead atoms. The second-order valence-electron chi connectivity index (χ2n) is 10.8. The summed E-state index contributed by atoms with van der Waals surface area (Å²) in [6, 6.07) is 14.5. The minimum absolute atomic E-state index is 0.0251. The monoisotopic (exact) mass is 506 g/mol. The molecule has 190 valence electrons. The van der Waals surface area contributed by atoms with Gasteiger partial charge in [-0.2, -0.15) is 0 Å². The van der Waals surface area contributed by atoms with Gasteiger partial charge in [0.2, 0.25) is 0 Å². The Bertz CT molecular complexity index is 1140. The zero-order chi connectivity index (χ0) is 25.2. The second-order valence-corrected chi connectivity index (χ2v) is 12.1. The lowest BCUT2D eigenvalue weighted by Crippen LogP contribution is -2.50. The molecule has 6 heteroatoms. The summed E-state index contributed by atoms with van der Waals surface area (Å²) in [6.45, 7) is 6.32. The van der Waals surface area contributed by atoms with E-state index in [9.17, 15) is 14.0 Å². The molecule has 0 radical (unpaired) electrons. The lowest BCUT2D eigenvalue weighted by molar-refractivity contribution is -0.130. The molecule has 4 unspecified atom stereocenters. The first-order chi connectivity index (χ1) is 17.4. The van der Waals surface area contributed by atoms with Crippen molar-refractivity contribution >= 4 is 29.7 Å². The third kappa shape index (κ3) is 5.39. The van der Waals surface area contributed by atoms with Crippen molar-refractivity contribution in [2.75, 3.05) is 13.1 Å². The summed E-state index contributed by atoms with van der Waals surface area (Å²) in [4.78, 5) is 31.2. The summed E-state index contributed by atoms with van der Waals surface area (Å²) in [5, 5.41) is 0.332. The van der Waals surface area contributed by atoms with Crippen LogP contribution in [0.25, 0.3) is 6.08 Å². The number of amides is 2. The van der Waals surface area contributed by atoms with Crippen LogP contribution in [0.3, 0.4) is 0 Å². The molecular weight excluding hydrogens is 471 g/mol. The van der Waals surface area contributed by atoms with Crippen molar-refractivity contribution in [2.24, 2.45) is 11.8 Å². The summed E-state index contributed by atoms with van der Waals surface area (Å²) < 4.78 is 14.4. The number of halogens is 1. The standard InChI is InChI=1S/C30H35FN2O2S/c1-20-15-21(2)18-32(17-20)29(34)23-13-11-22(12-14-23)16-28-30(35)33(19-24-7-3-4-8-25(24)31)26-9-5-6-10-27(26)36-28/h3-4,7-8,11-14,16,20-21,26-27H,5-6,9-10,15,17-19H2,1-2H3/b28-16-. The average molecular weight is 507 g/mol. The Balaban J connectivity index is 1.35. The van der Waals surface area contributed by atoms with E-state index < -0.39 is 0 Å². The van der Waals surface area contributed by atoms with Crippen molar-refractivity contribution < 1.29 is 14.0 Å². The van der Waals surface area contributed by atoms with Gasteiger partial charge < -0.3 is 9.80 Å². The minimum Gasteiger partial charge on any atom is -0.338 e. The predicted molar refractivity (Wildman–Crippen MR) is 144 cm³/mol. The fourth-order valence-corrected chi connectivity index (χ4v) is 7.53. The van der Waals surface area contributed by atoms with E-state index in [1.165, 1.54) is 6.07 Å². The Morgan fingerprint density at radius 2 is 1.72 bits per heavy atom. The number of rotatable bonds is 4. The summed E-state index contributed by atoms with van der Waals surface area (Å²) in [5.74, 6) is 0.831. The van der Waals surface area contributed by atoms with Gasteiger partial charge in [0.25, 0.3) is 11.8 Å². The van der Waals surface area contributed by atoms with Gasteiger partial charge in [0.05, 0.1) is 4.91 Å². The smallest absolute Gasteiger partial charge is 0.260 e. The first-order valence-corrected chi connectivity index (χ1v) is 14.1. The molecule has 2 aliphatic heterocycles. The van der Waals surface area contributed by atoms with Gasteiger partial charge >= 0.3 is 0 Å². The van der Waals surface area contributed by atoms with E-state index in [0.717, 1.165) is 50.8 Å². The maximum Gasteiger partial charge on any atom is 0.260 e. The molecule has 4 nitrogen and oxygen atoms in total. The minimum atomic E-state index is -0.265. The third-order valence-electron chi connectivity index (χ3n) is 7.73. The van der Waals surface area contributed by atoms with E-state index in [1.54, 1.807) is 23.9 Å². The topological polar surface area (TPSA) is 40.6 Å². The van der Waals surface area contributed by atoms with Crippen molar-refractivity contribution in [3.05, 3.63) is 75.9 Å². The quantitative estimate of drug-likeness (QED) is 0.453. The first-order valence-electron chi connectivity index (χ1n) is 13.2. The van der Waals surface area contributed by atoms with Gasteiger partial charge in [-0.25, -0.2) is 4.39 Å². The van der Waals surface area contributed by atoms with Crippen LogP contribution >= 0.6 is 11.8 Å². The third-order valence-corrected chi connectivity index (χ3v) is 9.13. The zero-order valence-electron chi connectivity index (χ0n) is 21.2. The number of thioether (sulfide) groups is 1. The molecule has 36 heavy (non-hydrogen) atoms. The predicted octanol–water partition coefficient (Wildman–Crippen LogP) is 6.37. The highest BCUT2D eigenvalue weighted by Crippen LogP contribution is 2.43. The number of benzene rings is 2. The molecule has 0 N–H and O–H groups in total. The average Bonchev–Trinajstić information content (AvgIpc) is 2.87. The highest BCUT2D eigenvalue weighted by molar-refractivity contribution is 8.04. The van der Waals surface area contributed by atoms with E-state index in [4.69, 9.17) is 0 Å². The lowest BCUT2D eigenvalue weighted by atomic mass is 9.91. The van der Waals surface area contributed by atoms with Crippen LogP contribution in [-0.4, -0.2) is 46.0 Å². The number of likely N-dealkylation sites (tertiary alicyclic amines) is 1. The largest absolute Gasteiger partial charge is 0.338 e. The van der Waals surface area contributed by atoms with Crippen LogP contribution in [0.5, 0.6) is 0 Å². The van der Waals surface area contributed by atoms with E-state index in [-0.39, 0.29) is 23.7 Å². The molecule has 2 aromatic carbocycles. The molecule has 4 atom stereocenters. The summed E-state index contributed by atoms with van der Waals surface area (Å²) in [5.41, 5.74) is 2.16. The van der Waals surface area contributed by atoms with Crippen molar-refractivity contribution in [1.82, 2.24) is 9.80 Å². The number of piperidine rings is 1. The molecule has 2 amide bonds. The van der Waals surface area contributed by atoms with Gasteiger partial charge in [0, 0.05) is 42.1 Å². The Hall–Kier alpha value is -2.60. The number of carbonyl (C=O) groups is 2. The van der Waals surface area contributed by atoms with Crippen LogP contribution in [0, 0.1) is 17.7 Å². The van der Waals surface area contributed by atoms with Crippen molar-refractivity contribution in [1.29, 1.82) is 0 Å². The molecule has 2 aromatic rings. The number of fused-ring (bicyclic) bond motifs is 1. The molecule has 3 aliphatic rings. The van der Waals surface area contributed by atoms with E-state index in [0.29, 0.717) is 39.7 Å². The van der Waals surface area contributed by atoms with Gasteiger partial charge in [0.15, 0.2) is 0 Å². The van der Waals surface area contributed by atoms with Gasteiger partial charge in [-0.15, -0.1) is 11.8 Å². The van der Waals surface area contributed by atoms with E-state index in [2.05, 4.69) is 13.8 Å². The highest BCUT2D eigenvalue weighted by Gasteiger charge is 2.40. The SMILES string of the molecule is CC1CC(C)CN(C(=O)c2ccc(/C=C3\SC4CCCCC4N(Cc4ccccc4F)C3=O)cc2)C1. The van der Waals surface area contributed by atoms with Crippen LogP contribution < -0.4 is 0 Å². The molecule has 2 saturated heterocycles. The maximum atomic E-state index is 14.4. The van der Waals surface area contributed by atoms with Gasteiger partial charge in [-0.1, -0.05) is 57.0 Å². The number of nitrogens with zero attached hydrogens (tertiary/aromatic N) is 2. The van der Waals surface area contributed by atoms with E-state index >= 15 is 0 Å². The van der Waals surface area contributed by atoms with Crippen LogP contribution in [0.15, 0.2) is 53.4 Å². The fraction of sp³-hybridized carbons (Fsp3) is 0.467. The van der Waals surface area contributed by atoms with Crippen LogP contribution in [0.2, 0.25) is 0 Å². The Labute approximate surface area is 217 Å². The Morgan fingerprint density at radius 3 is 2.44 bits per heavy atom. The molecular formula is C30H35FN2O2S. The van der Waals surface area contributed by atoms with Crippen LogP contribution in [0.4, 0.5) is 4.39 Å². The molecule has 0 aromatic heterocycles. The number of carbonyl (C=O) groups excluding carboxylic acids is 2. The van der Waals surface area contributed by atoms with Gasteiger partial charge in [-0.3, -0.25) is 9.59 Å². The van der Waals surface area contributed by atoms with Crippen LogP contribution in [-0.2, 0) is 11.3 Å². The Kier molecular flexibility index (Phi) is 7.52. The zero-order valence-corrected chi connectivity index (χ0v) is 22.0. The molecule has 5 rings (SSSR count). The number of hydrogen-bond donors (Lipinski definition) is 0. The maximum absolute atomic E-state index is 14.4. The summed E-state index contributed by atoms with van der Waals surface area (Å²) in [7, 11) is 0. The molecule has 2 heterocycles. The Morgan fingerprint density at radius 1 is 1.03 bits per heavy atom. The molecule has 1 saturated carbocycles. The summed E-state index contributed by atoms with van der Waals surface area (Å²) in [6.07, 6.45) is 7.40. The molecule has 3 fully saturated rings. The lowest BCUT2D eigenvalue weighted by Gasteiger charge is -2.44. The van der Waals surface area contributed by atoms with Crippen molar-refractivity contribution in [2.45, 2.75) is 63.8 Å². The molecule has 0 spiro atoms. The second kappa shape index (κ2) is 10.8. The first kappa shape index (κ1) is 25.1. The van der Waals surface area contributed by atoms with Gasteiger partial charge in [0.1, 0.15) is 5.82 Å². The normalized spacial score (nSPS) is 27.8. The number of hydrogen-bond acceptors (Lipinski definition) is 3. The molecule has 1 aliphatic carbocycles. The summed E-state index contributed by atoms with van der Waals surface area (Å²) >= 11 is 1.67. The van der Waals surface area contributed by atoms with Gasteiger partial charge in [-0.05, 0) is 60.9 Å². The van der Waals surface area contributed by atoms with Crippen molar-refractivity contribution in [3.8, 4) is 0 Å². The van der Waals surface area contributed by atoms with Crippen LogP contribution in [0.1, 0.15) is 67.4 Å².